The lowest BCUT2D eigenvalue weighted by Crippen LogP contribution is -1.98. The number of benzene rings is 8. The number of hydrogen-bond donors (Lipinski definition) is 0. The molecule has 0 radical (unpaired) electrons. The highest BCUT2D eigenvalue weighted by molar-refractivity contribution is 7.25. The molecule has 2 nitrogen and oxygen atoms in total. The average molecular weight is 719 g/mol. The van der Waals surface area contributed by atoms with Crippen LogP contribution in [0.15, 0.2) is 206 Å². The summed E-state index contributed by atoms with van der Waals surface area (Å²) in [5, 5.41) is 2.58. The van der Waals surface area contributed by atoms with E-state index in [4.69, 9.17) is 9.97 Å². The number of nitrogens with zero attached hydrogens (tertiary/aromatic N) is 2. The maximum atomic E-state index is 5.33. The number of rotatable bonds is 7. The molecule has 0 aliphatic heterocycles. The van der Waals surface area contributed by atoms with Gasteiger partial charge in [0.25, 0.3) is 0 Å². The van der Waals surface area contributed by atoms with Crippen molar-refractivity contribution in [2.45, 2.75) is 0 Å². The SMILES string of the molecule is c1ccc(-c2cc(-c3ccc4sc5ccccc5c4c3)cc(-c3cc(-c4cc(-c5ccccc5)ccc4-c4ccccc4)nc(-c4ccccc4)n3)c2)cc1. The van der Waals surface area contributed by atoms with Crippen LogP contribution in [0.3, 0.4) is 0 Å². The molecule has 0 aliphatic rings. The van der Waals surface area contributed by atoms with Crippen LogP contribution in [0.2, 0.25) is 0 Å². The second-order valence-corrected chi connectivity index (χ2v) is 14.9. The molecule has 10 aromatic rings. The van der Waals surface area contributed by atoms with Crippen LogP contribution >= 0.6 is 11.3 Å². The van der Waals surface area contributed by atoms with Crippen LogP contribution in [0.4, 0.5) is 0 Å². The summed E-state index contributed by atoms with van der Waals surface area (Å²) in [6, 6.07) is 73.5. The zero-order valence-electron chi connectivity index (χ0n) is 29.9. The van der Waals surface area contributed by atoms with E-state index in [1.807, 2.05) is 17.4 Å². The third-order valence-corrected chi connectivity index (χ3v) is 11.4. The average Bonchev–Trinajstić information content (AvgIpc) is 3.65. The Balaban J connectivity index is 1.21. The van der Waals surface area contributed by atoms with Crippen molar-refractivity contribution in [3.8, 4) is 78.4 Å². The smallest absolute Gasteiger partial charge is 0.160 e. The van der Waals surface area contributed by atoms with E-state index in [0.717, 1.165) is 67.0 Å². The Morgan fingerprint density at radius 2 is 0.782 bits per heavy atom. The van der Waals surface area contributed by atoms with Gasteiger partial charge >= 0.3 is 0 Å². The van der Waals surface area contributed by atoms with Gasteiger partial charge in [0.2, 0.25) is 0 Å². The molecule has 0 saturated carbocycles. The molecule has 258 valence electrons. The first-order chi connectivity index (χ1) is 27.2. The minimum absolute atomic E-state index is 0.690. The first-order valence-electron chi connectivity index (χ1n) is 18.6. The molecule has 0 spiro atoms. The van der Waals surface area contributed by atoms with Gasteiger partial charge in [-0.25, -0.2) is 9.97 Å². The maximum absolute atomic E-state index is 5.33. The Kier molecular flexibility index (Phi) is 8.40. The van der Waals surface area contributed by atoms with Gasteiger partial charge in [-0.05, 0) is 93.0 Å². The number of hydrogen-bond acceptors (Lipinski definition) is 3. The molecular formula is C52H34N2S. The van der Waals surface area contributed by atoms with E-state index in [1.165, 1.54) is 25.7 Å². The molecule has 0 aliphatic carbocycles. The minimum Gasteiger partial charge on any atom is -0.228 e. The number of thiophene rings is 1. The van der Waals surface area contributed by atoms with Crippen LogP contribution in [0.5, 0.6) is 0 Å². The second-order valence-electron chi connectivity index (χ2n) is 13.8. The van der Waals surface area contributed by atoms with Crippen molar-refractivity contribution in [2.24, 2.45) is 0 Å². The van der Waals surface area contributed by atoms with Gasteiger partial charge < -0.3 is 0 Å². The molecule has 0 fully saturated rings. The lowest BCUT2D eigenvalue weighted by Gasteiger charge is -2.16. The fraction of sp³-hybridized carbons (Fsp3) is 0. The number of fused-ring (bicyclic) bond motifs is 3. The van der Waals surface area contributed by atoms with E-state index >= 15 is 0 Å². The van der Waals surface area contributed by atoms with Gasteiger partial charge in [-0.15, -0.1) is 11.3 Å². The summed E-state index contributed by atoms with van der Waals surface area (Å²) < 4.78 is 2.60. The van der Waals surface area contributed by atoms with Gasteiger partial charge in [0.05, 0.1) is 11.4 Å². The van der Waals surface area contributed by atoms with Crippen molar-refractivity contribution < 1.29 is 0 Å². The van der Waals surface area contributed by atoms with Crippen molar-refractivity contribution >= 4 is 31.5 Å². The van der Waals surface area contributed by atoms with E-state index in [9.17, 15) is 0 Å². The summed E-state index contributed by atoms with van der Waals surface area (Å²) in [6.07, 6.45) is 0. The Morgan fingerprint density at radius 1 is 0.273 bits per heavy atom. The first-order valence-corrected chi connectivity index (χ1v) is 19.4. The van der Waals surface area contributed by atoms with Crippen molar-refractivity contribution in [1.29, 1.82) is 0 Å². The lowest BCUT2D eigenvalue weighted by atomic mass is 9.91. The highest BCUT2D eigenvalue weighted by Gasteiger charge is 2.17. The van der Waals surface area contributed by atoms with Crippen LogP contribution < -0.4 is 0 Å². The van der Waals surface area contributed by atoms with Crippen LogP contribution in [-0.2, 0) is 0 Å². The molecule has 0 unspecified atom stereocenters. The third-order valence-electron chi connectivity index (χ3n) is 10.3. The zero-order valence-corrected chi connectivity index (χ0v) is 30.7. The van der Waals surface area contributed by atoms with E-state index in [-0.39, 0.29) is 0 Å². The molecule has 8 aromatic carbocycles. The molecule has 0 amide bonds. The van der Waals surface area contributed by atoms with Gasteiger partial charge in [-0.2, -0.15) is 0 Å². The van der Waals surface area contributed by atoms with Crippen molar-refractivity contribution in [3.63, 3.8) is 0 Å². The Labute approximate surface area is 324 Å². The summed E-state index contributed by atoms with van der Waals surface area (Å²) in [6.45, 7) is 0. The Hall–Kier alpha value is -6.94. The predicted octanol–water partition coefficient (Wildman–Crippen LogP) is 14.5. The standard InChI is InChI=1S/C52H34N2S/c1-5-15-35(16-6-1)39-25-27-44(37-19-9-3-10-20-37)46(32-39)49-34-48(53-52(54-49)38-21-11-4-12-22-38)43-30-41(36-17-7-2-8-18-36)29-42(31-43)40-26-28-51-47(33-40)45-23-13-14-24-50(45)55-51/h1-34H. The molecule has 10 rings (SSSR count). The van der Waals surface area contributed by atoms with Gasteiger partial charge in [0, 0.05) is 36.9 Å². The zero-order chi connectivity index (χ0) is 36.6. The first kappa shape index (κ1) is 32.7. The van der Waals surface area contributed by atoms with Crippen LogP contribution in [0.1, 0.15) is 0 Å². The fourth-order valence-corrected chi connectivity index (χ4v) is 8.62. The Bertz CT molecular complexity index is 2950. The Morgan fingerprint density at radius 3 is 1.49 bits per heavy atom. The minimum atomic E-state index is 0.690. The van der Waals surface area contributed by atoms with Gasteiger partial charge in [-0.1, -0.05) is 158 Å². The molecule has 55 heavy (non-hydrogen) atoms. The fourth-order valence-electron chi connectivity index (χ4n) is 7.53. The van der Waals surface area contributed by atoms with E-state index in [1.54, 1.807) is 0 Å². The predicted molar refractivity (Wildman–Crippen MR) is 233 cm³/mol. The molecule has 0 N–H and O–H groups in total. The molecular weight excluding hydrogens is 685 g/mol. The molecule has 2 heterocycles. The molecule has 0 saturated heterocycles. The van der Waals surface area contributed by atoms with Crippen LogP contribution in [0, 0.1) is 0 Å². The van der Waals surface area contributed by atoms with Crippen molar-refractivity contribution in [1.82, 2.24) is 9.97 Å². The van der Waals surface area contributed by atoms with Gasteiger partial charge in [0.15, 0.2) is 5.82 Å². The summed E-state index contributed by atoms with van der Waals surface area (Å²) in [4.78, 5) is 10.7. The van der Waals surface area contributed by atoms with Crippen molar-refractivity contribution in [2.75, 3.05) is 0 Å². The van der Waals surface area contributed by atoms with Crippen LogP contribution in [-0.4, -0.2) is 9.97 Å². The van der Waals surface area contributed by atoms with Gasteiger partial charge in [0.1, 0.15) is 0 Å². The lowest BCUT2D eigenvalue weighted by molar-refractivity contribution is 1.18. The number of aromatic nitrogens is 2. The second kappa shape index (κ2) is 14.1. The molecule has 3 heteroatoms. The largest absolute Gasteiger partial charge is 0.228 e. The normalized spacial score (nSPS) is 11.3. The highest BCUT2D eigenvalue weighted by Crippen LogP contribution is 2.41. The maximum Gasteiger partial charge on any atom is 0.160 e. The van der Waals surface area contributed by atoms with E-state index in [2.05, 4.69) is 200 Å². The molecule has 0 atom stereocenters. The third kappa shape index (κ3) is 6.41. The van der Waals surface area contributed by atoms with Gasteiger partial charge in [-0.3, -0.25) is 0 Å². The quantitative estimate of drug-likeness (QED) is 0.164. The molecule has 0 bridgehead atoms. The van der Waals surface area contributed by atoms with E-state index < -0.39 is 0 Å². The summed E-state index contributed by atoms with van der Waals surface area (Å²) in [5.41, 5.74) is 14.0. The van der Waals surface area contributed by atoms with Crippen LogP contribution in [0.25, 0.3) is 98.6 Å². The summed E-state index contributed by atoms with van der Waals surface area (Å²) >= 11 is 1.85. The monoisotopic (exact) mass is 718 g/mol. The van der Waals surface area contributed by atoms with Crippen molar-refractivity contribution in [3.05, 3.63) is 206 Å². The summed E-state index contributed by atoms with van der Waals surface area (Å²) in [5.74, 6) is 0.690. The topological polar surface area (TPSA) is 25.8 Å². The van der Waals surface area contributed by atoms with E-state index in [0.29, 0.717) is 5.82 Å². The summed E-state index contributed by atoms with van der Waals surface area (Å²) in [7, 11) is 0. The molecule has 2 aromatic heterocycles. The highest BCUT2D eigenvalue weighted by atomic mass is 32.1.